The van der Waals surface area contributed by atoms with Crippen LogP contribution in [0.15, 0.2) is 41.9 Å². The summed E-state index contributed by atoms with van der Waals surface area (Å²) in [5, 5.41) is 9.68. The third kappa shape index (κ3) is 4.44. The van der Waals surface area contributed by atoms with Crippen molar-refractivity contribution in [1.82, 2.24) is 19.7 Å². The molecule has 10 heteroatoms. The number of methoxy groups -OCH3 is 1. The number of rotatable bonds is 6. The molecule has 0 fully saturated rings. The molecule has 0 aliphatic carbocycles. The number of nitrogens with one attached hydrogen (secondary N) is 2. The number of aryl methyl sites for hydroxylation is 2. The van der Waals surface area contributed by atoms with E-state index in [2.05, 4.69) is 20.4 Å². The van der Waals surface area contributed by atoms with Crippen LogP contribution in [0.3, 0.4) is 0 Å². The fraction of sp³-hybridized carbons (Fsp3) is 0.182. The fourth-order valence-electron chi connectivity index (χ4n) is 3.18. The molecule has 0 atom stereocenters. The predicted octanol–water partition coefficient (Wildman–Crippen LogP) is 4.69. The van der Waals surface area contributed by atoms with Gasteiger partial charge in [-0.2, -0.15) is 5.10 Å². The summed E-state index contributed by atoms with van der Waals surface area (Å²) in [4.78, 5) is 31.8. The van der Waals surface area contributed by atoms with Crippen LogP contribution in [0.4, 0.5) is 5.13 Å². The molecule has 2 N–H and O–H groups in total. The van der Waals surface area contributed by atoms with E-state index in [1.807, 2.05) is 31.2 Å². The summed E-state index contributed by atoms with van der Waals surface area (Å²) in [6, 6.07) is 9.69. The zero-order valence-corrected chi connectivity index (χ0v) is 19.2. The van der Waals surface area contributed by atoms with Crippen molar-refractivity contribution in [3.05, 3.63) is 75.1 Å². The molecule has 0 bridgehead atoms. The number of hydrogen-bond acceptors (Lipinski definition) is 6. The van der Waals surface area contributed by atoms with Crippen molar-refractivity contribution in [3.8, 4) is 11.3 Å². The Kier molecular flexibility index (Phi) is 6.11. The molecule has 164 valence electrons. The quantitative estimate of drug-likeness (QED) is 0.399. The van der Waals surface area contributed by atoms with E-state index in [1.165, 1.54) is 24.0 Å². The normalized spacial score (nSPS) is 10.9. The summed E-state index contributed by atoms with van der Waals surface area (Å²) in [7, 11) is 1.31. The Morgan fingerprint density at radius 2 is 2.00 bits per heavy atom. The number of benzene rings is 1. The molecule has 1 amide bonds. The number of ether oxygens (including phenoxy) is 1. The van der Waals surface area contributed by atoms with E-state index in [4.69, 9.17) is 16.3 Å². The molecule has 0 aliphatic rings. The summed E-state index contributed by atoms with van der Waals surface area (Å²) in [6.45, 7) is 4.23. The lowest BCUT2D eigenvalue weighted by Crippen LogP contribution is -2.13. The van der Waals surface area contributed by atoms with Gasteiger partial charge in [0.05, 0.1) is 30.6 Å². The third-order valence-electron chi connectivity index (χ3n) is 4.85. The van der Waals surface area contributed by atoms with Gasteiger partial charge < -0.3 is 9.72 Å². The molecule has 0 aliphatic heterocycles. The Bertz CT molecular complexity index is 1290. The molecule has 4 rings (SSSR count). The SMILES string of the molecule is COC(=O)c1cc(-c2csc(NC(=O)c3c(C)nn(Cc4ccc(C)cc4)c3Cl)n2)c[nH]1. The largest absolute Gasteiger partial charge is 0.464 e. The minimum absolute atomic E-state index is 0.269. The van der Waals surface area contributed by atoms with E-state index in [1.54, 1.807) is 29.2 Å². The van der Waals surface area contributed by atoms with Crippen LogP contribution in [0.5, 0.6) is 0 Å². The van der Waals surface area contributed by atoms with Gasteiger partial charge in [0.15, 0.2) is 5.13 Å². The minimum Gasteiger partial charge on any atom is -0.464 e. The first-order chi connectivity index (χ1) is 15.4. The van der Waals surface area contributed by atoms with Gasteiger partial charge in [-0.15, -0.1) is 11.3 Å². The van der Waals surface area contributed by atoms with Crippen LogP contribution >= 0.6 is 22.9 Å². The van der Waals surface area contributed by atoms with E-state index in [0.29, 0.717) is 39.9 Å². The average molecular weight is 470 g/mol. The minimum atomic E-state index is -0.465. The molecular weight excluding hydrogens is 450 g/mol. The Morgan fingerprint density at radius 3 is 2.72 bits per heavy atom. The summed E-state index contributed by atoms with van der Waals surface area (Å²) >= 11 is 7.76. The molecule has 3 aromatic heterocycles. The topological polar surface area (TPSA) is 102 Å². The number of hydrogen-bond donors (Lipinski definition) is 2. The fourth-order valence-corrected chi connectivity index (χ4v) is 4.21. The van der Waals surface area contributed by atoms with Crippen molar-refractivity contribution in [2.45, 2.75) is 20.4 Å². The standard InChI is InChI=1S/C22H20ClN5O3S/c1-12-4-6-14(7-5-12)10-28-19(23)18(13(2)27-28)20(29)26-22-25-17(11-32-22)15-8-16(24-9-15)21(30)31-3/h4-9,11,24H,10H2,1-3H3,(H,25,26,29). The van der Waals surface area contributed by atoms with Crippen molar-refractivity contribution in [3.63, 3.8) is 0 Å². The van der Waals surface area contributed by atoms with Crippen LogP contribution < -0.4 is 5.32 Å². The number of aromatic amines is 1. The number of anilines is 1. The molecule has 1 aromatic carbocycles. The first-order valence-corrected chi connectivity index (χ1v) is 10.9. The van der Waals surface area contributed by atoms with Gasteiger partial charge in [-0.25, -0.2) is 14.5 Å². The second-order valence-corrected chi connectivity index (χ2v) is 8.40. The van der Waals surface area contributed by atoms with Crippen LogP contribution in [-0.2, 0) is 11.3 Å². The van der Waals surface area contributed by atoms with Crippen molar-refractivity contribution in [1.29, 1.82) is 0 Å². The summed E-state index contributed by atoms with van der Waals surface area (Å²) in [6.07, 6.45) is 1.66. The molecule has 0 unspecified atom stereocenters. The predicted molar refractivity (Wildman–Crippen MR) is 123 cm³/mol. The van der Waals surface area contributed by atoms with Gasteiger partial charge in [0.2, 0.25) is 0 Å². The highest BCUT2D eigenvalue weighted by atomic mass is 35.5. The molecule has 0 saturated heterocycles. The number of H-pyrrole nitrogens is 1. The highest BCUT2D eigenvalue weighted by Crippen LogP contribution is 2.27. The van der Waals surface area contributed by atoms with Gasteiger partial charge in [0, 0.05) is 17.1 Å². The molecular formula is C22H20ClN5O3S. The van der Waals surface area contributed by atoms with Gasteiger partial charge in [-0.1, -0.05) is 41.4 Å². The molecule has 8 nitrogen and oxygen atoms in total. The Morgan fingerprint density at radius 1 is 1.25 bits per heavy atom. The van der Waals surface area contributed by atoms with Gasteiger partial charge in [0.1, 0.15) is 10.8 Å². The average Bonchev–Trinajstić information content (AvgIpc) is 3.49. The van der Waals surface area contributed by atoms with Crippen molar-refractivity contribution in [2.75, 3.05) is 12.4 Å². The zero-order chi connectivity index (χ0) is 22.8. The van der Waals surface area contributed by atoms with Crippen LogP contribution in [-0.4, -0.2) is 38.7 Å². The van der Waals surface area contributed by atoms with E-state index < -0.39 is 5.97 Å². The molecule has 0 spiro atoms. The van der Waals surface area contributed by atoms with Gasteiger partial charge in [-0.05, 0) is 25.5 Å². The third-order valence-corrected chi connectivity index (χ3v) is 6.00. The van der Waals surface area contributed by atoms with Crippen LogP contribution in [0.2, 0.25) is 5.15 Å². The van der Waals surface area contributed by atoms with Crippen molar-refractivity contribution < 1.29 is 14.3 Å². The second-order valence-electron chi connectivity index (χ2n) is 7.18. The maximum absolute atomic E-state index is 12.9. The van der Waals surface area contributed by atoms with Gasteiger partial charge in [0.25, 0.3) is 5.91 Å². The summed E-state index contributed by atoms with van der Waals surface area (Å²) in [5.41, 5.74) is 4.70. The number of amides is 1. The molecule has 3 heterocycles. The number of carbonyl (C=O) groups excluding carboxylic acids is 2. The lowest BCUT2D eigenvalue weighted by molar-refractivity contribution is 0.0594. The Labute approximate surface area is 193 Å². The molecule has 0 saturated carbocycles. The monoisotopic (exact) mass is 469 g/mol. The Hall–Kier alpha value is -3.43. The molecule has 32 heavy (non-hydrogen) atoms. The maximum atomic E-state index is 12.9. The van der Waals surface area contributed by atoms with Crippen LogP contribution in [0, 0.1) is 13.8 Å². The van der Waals surface area contributed by atoms with Gasteiger partial charge in [-0.3, -0.25) is 10.1 Å². The van der Waals surface area contributed by atoms with Crippen LogP contribution in [0.25, 0.3) is 11.3 Å². The number of nitrogens with zero attached hydrogens (tertiary/aromatic N) is 3. The van der Waals surface area contributed by atoms with E-state index in [0.717, 1.165) is 5.56 Å². The lowest BCUT2D eigenvalue weighted by atomic mass is 10.1. The molecule has 4 aromatic rings. The van der Waals surface area contributed by atoms with Crippen LogP contribution in [0.1, 0.15) is 37.7 Å². The van der Waals surface area contributed by atoms with Gasteiger partial charge >= 0.3 is 5.97 Å². The Balaban J connectivity index is 1.50. The number of esters is 1. The van der Waals surface area contributed by atoms with E-state index in [9.17, 15) is 9.59 Å². The second kappa shape index (κ2) is 8.97. The zero-order valence-electron chi connectivity index (χ0n) is 17.6. The number of thiazole rings is 1. The van der Waals surface area contributed by atoms with Crippen molar-refractivity contribution >= 4 is 39.9 Å². The lowest BCUT2D eigenvalue weighted by Gasteiger charge is -2.05. The number of carbonyl (C=O) groups is 2. The van der Waals surface area contributed by atoms with E-state index >= 15 is 0 Å². The smallest absolute Gasteiger partial charge is 0.354 e. The van der Waals surface area contributed by atoms with Crippen molar-refractivity contribution in [2.24, 2.45) is 0 Å². The summed E-state index contributed by atoms with van der Waals surface area (Å²) < 4.78 is 6.30. The number of aromatic nitrogens is 4. The first kappa shape index (κ1) is 21.8. The maximum Gasteiger partial charge on any atom is 0.354 e. The molecule has 0 radical (unpaired) electrons. The first-order valence-electron chi connectivity index (χ1n) is 9.68. The summed E-state index contributed by atoms with van der Waals surface area (Å²) in [5.74, 6) is -0.847. The highest BCUT2D eigenvalue weighted by Gasteiger charge is 2.22. The highest BCUT2D eigenvalue weighted by molar-refractivity contribution is 7.14. The van der Waals surface area contributed by atoms with E-state index in [-0.39, 0.29) is 11.1 Å². The number of halogens is 1.